The Morgan fingerprint density at radius 3 is 2.31 bits per heavy atom. The van der Waals surface area contributed by atoms with Crippen LogP contribution < -0.4 is 8.37 Å². The number of hydrogen-bond donors (Lipinski definition) is 4. The van der Waals surface area contributed by atoms with Gasteiger partial charge in [0.05, 0.1) is 11.7 Å². The van der Waals surface area contributed by atoms with Gasteiger partial charge in [0.25, 0.3) is 0 Å². The molecule has 272 valence electrons. The molecule has 0 amide bonds. The third-order valence-corrected chi connectivity index (χ3v) is 11.6. The van der Waals surface area contributed by atoms with E-state index < -0.39 is 37.9 Å². The lowest BCUT2D eigenvalue weighted by molar-refractivity contribution is -0.0733. The lowest BCUT2D eigenvalue weighted by Crippen LogP contribution is -2.42. The van der Waals surface area contributed by atoms with E-state index in [1.165, 1.54) is 34.4 Å². The SMILES string of the molecule is CC(C)=CCC/C(C)=C/CCC(C)(O)C(O)CC[C@]1(C)CCCC2=C1CC[C@H](C)[C@]2(C)Cc1cc(OS(=O)(=O)O)ccc1OS(=O)(=O)O. The van der Waals surface area contributed by atoms with Crippen molar-refractivity contribution in [3.63, 3.8) is 0 Å². The van der Waals surface area contributed by atoms with Crippen LogP contribution >= 0.6 is 0 Å². The summed E-state index contributed by atoms with van der Waals surface area (Å²) in [5.74, 6) is -0.225. The highest BCUT2D eigenvalue weighted by molar-refractivity contribution is 7.81. The smallest absolute Gasteiger partial charge is 0.390 e. The first-order chi connectivity index (χ1) is 22.0. The second kappa shape index (κ2) is 15.8. The van der Waals surface area contributed by atoms with Crippen LogP contribution in [0.2, 0.25) is 0 Å². The van der Waals surface area contributed by atoms with Gasteiger partial charge >= 0.3 is 20.8 Å². The molecular weight excluding hydrogens is 657 g/mol. The van der Waals surface area contributed by atoms with Gasteiger partial charge in [0, 0.05) is 5.56 Å². The van der Waals surface area contributed by atoms with Gasteiger partial charge in [0.2, 0.25) is 0 Å². The summed E-state index contributed by atoms with van der Waals surface area (Å²) < 4.78 is 74.4. The second-order valence-corrected chi connectivity index (χ2v) is 17.1. The maximum absolute atomic E-state index is 11.7. The normalized spacial score (nSPS) is 25.6. The predicted molar refractivity (Wildman–Crippen MR) is 188 cm³/mol. The molecule has 5 atom stereocenters. The number of hydrogen-bond acceptors (Lipinski definition) is 8. The monoisotopic (exact) mass is 712 g/mol. The van der Waals surface area contributed by atoms with Gasteiger partial charge in [-0.25, -0.2) is 0 Å². The number of aliphatic hydroxyl groups excluding tert-OH is 1. The van der Waals surface area contributed by atoms with Crippen LogP contribution in [0.15, 0.2) is 52.6 Å². The van der Waals surface area contributed by atoms with Crippen LogP contribution in [0.5, 0.6) is 11.5 Å². The third kappa shape index (κ3) is 11.1. The van der Waals surface area contributed by atoms with Gasteiger partial charge in [-0.15, -0.1) is 0 Å². The van der Waals surface area contributed by atoms with Crippen LogP contribution in [0, 0.1) is 16.7 Å². The van der Waals surface area contributed by atoms with Gasteiger partial charge in [-0.2, -0.15) is 16.8 Å². The molecule has 0 bridgehead atoms. The Morgan fingerprint density at radius 2 is 1.69 bits per heavy atom. The van der Waals surface area contributed by atoms with Crippen molar-refractivity contribution in [3.05, 3.63) is 58.2 Å². The third-order valence-electron chi connectivity index (χ3n) is 10.8. The van der Waals surface area contributed by atoms with E-state index in [1.807, 2.05) is 0 Å². The molecule has 2 unspecified atom stereocenters. The van der Waals surface area contributed by atoms with Crippen LogP contribution in [0.3, 0.4) is 0 Å². The first kappa shape index (κ1) is 40.2. The van der Waals surface area contributed by atoms with Crippen molar-refractivity contribution in [2.45, 2.75) is 137 Å². The lowest BCUT2D eigenvalue weighted by Gasteiger charge is -2.51. The van der Waals surface area contributed by atoms with E-state index in [2.05, 4.69) is 57.9 Å². The molecule has 48 heavy (non-hydrogen) atoms. The highest BCUT2D eigenvalue weighted by atomic mass is 32.3. The molecule has 3 rings (SSSR count). The minimum absolute atomic E-state index is 0.160. The van der Waals surface area contributed by atoms with Gasteiger partial charge in [0.15, 0.2) is 0 Å². The molecule has 0 aromatic heterocycles. The Balaban J connectivity index is 1.84. The first-order valence-electron chi connectivity index (χ1n) is 16.9. The molecule has 0 saturated carbocycles. The van der Waals surface area contributed by atoms with Crippen molar-refractivity contribution >= 4 is 20.8 Å². The summed E-state index contributed by atoms with van der Waals surface area (Å²) in [6.45, 7) is 14.5. The summed E-state index contributed by atoms with van der Waals surface area (Å²) in [4.78, 5) is 0. The molecule has 0 spiro atoms. The second-order valence-electron chi connectivity index (χ2n) is 15.0. The zero-order valence-corrected chi connectivity index (χ0v) is 31.2. The molecule has 1 aromatic carbocycles. The Labute approximate surface area is 288 Å². The average Bonchev–Trinajstić information content (AvgIpc) is 2.94. The molecule has 2 aliphatic rings. The molecule has 12 heteroatoms. The molecule has 0 fully saturated rings. The topological polar surface area (TPSA) is 168 Å². The number of benzene rings is 1. The Kier molecular flexibility index (Phi) is 13.2. The number of allylic oxidation sites excluding steroid dienone is 6. The highest BCUT2D eigenvalue weighted by Crippen LogP contribution is 2.58. The van der Waals surface area contributed by atoms with Crippen LogP contribution in [-0.4, -0.2) is 47.9 Å². The maximum Gasteiger partial charge on any atom is 0.446 e. The van der Waals surface area contributed by atoms with Crippen molar-refractivity contribution in [2.24, 2.45) is 16.7 Å². The molecule has 0 aliphatic heterocycles. The minimum atomic E-state index is -4.88. The molecule has 2 aliphatic carbocycles. The zero-order valence-electron chi connectivity index (χ0n) is 29.6. The van der Waals surface area contributed by atoms with Crippen molar-refractivity contribution in [3.8, 4) is 11.5 Å². The molecule has 4 N–H and O–H groups in total. The van der Waals surface area contributed by atoms with Crippen LogP contribution in [-0.2, 0) is 27.2 Å². The Morgan fingerprint density at radius 1 is 1.02 bits per heavy atom. The van der Waals surface area contributed by atoms with E-state index >= 15 is 0 Å². The first-order valence-corrected chi connectivity index (χ1v) is 19.7. The number of aliphatic hydroxyl groups is 2. The van der Waals surface area contributed by atoms with E-state index in [0.717, 1.165) is 51.0 Å². The standard InChI is InChI=1S/C36H56O10S2/c1-25(2)11-8-12-26(3)13-9-21-36(7,38)33(37)19-22-34(5)20-10-14-31-30(34)17-15-27(4)35(31,6)24-28-23-29(45-47(39,40)41)16-18-32(28)46-48(42,43)44/h11,13,16,18,23,27,33,37-38H,8-10,12,14-15,17,19-22,24H2,1-7H3,(H,39,40,41)(H,42,43,44)/b26-13+/t27-,33?,34-,35-,36?/m0/s1. The summed E-state index contributed by atoms with van der Waals surface area (Å²) in [5, 5.41) is 22.4. The van der Waals surface area contributed by atoms with Crippen molar-refractivity contribution < 1.29 is 44.5 Å². The van der Waals surface area contributed by atoms with Crippen molar-refractivity contribution in [1.82, 2.24) is 0 Å². The molecular formula is C36H56O10S2. The van der Waals surface area contributed by atoms with Gasteiger partial charge in [-0.3, -0.25) is 9.11 Å². The fourth-order valence-electron chi connectivity index (χ4n) is 7.63. The average molecular weight is 713 g/mol. The van der Waals surface area contributed by atoms with Crippen molar-refractivity contribution in [2.75, 3.05) is 0 Å². The summed E-state index contributed by atoms with van der Waals surface area (Å²) in [7, 11) is -9.71. The largest absolute Gasteiger partial charge is 0.446 e. The van der Waals surface area contributed by atoms with Crippen LogP contribution in [0.4, 0.5) is 0 Å². The fourth-order valence-corrected chi connectivity index (χ4v) is 8.37. The lowest BCUT2D eigenvalue weighted by atomic mass is 9.54. The molecule has 0 radical (unpaired) electrons. The summed E-state index contributed by atoms with van der Waals surface area (Å²) in [6.07, 6.45) is 12.4. The van der Waals surface area contributed by atoms with Gasteiger partial charge < -0.3 is 18.6 Å². The quantitative estimate of drug-likeness (QED) is 0.0978. The van der Waals surface area contributed by atoms with Crippen LogP contribution in [0.1, 0.15) is 125 Å². The van der Waals surface area contributed by atoms with Gasteiger partial charge in [-0.1, -0.05) is 55.2 Å². The minimum Gasteiger partial charge on any atom is -0.390 e. The van der Waals surface area contributed by atoms with E-state index in [0.29, 0.717) is 31.2 Å². The number of rotatable bonds is 16. The molecule has 0 heterocycles. The summed E-state index contributed by atoms with van der Waals surface area (Å²) in [5.41, 5.74) is 3.53. The van der Waals surface area contributed by atoms with E-state index in [-0.39, 0.29) is 29.3 Å². The van der Waals surface area contributed by atoms with E-state index in [4.69, 9.17) is 4.18 Å². The van der Waals surface area contributed by atoms with Crippen molar-refractivity contribution in [1.29, 1.82) is 0 Å². The maximum atomic E-state index is 11.7. The molecule has 10 nitrogen and oxygen atoms in total. The molecule has 1 aromatic rings. The summed E-state index contributed by atoms with van der Waals surface area (Å²) >= 11 is 0. The van der Waals surface area contributed by atoms with Gasteiger partial charge in [0.1, 0.15) is 11.5 Å². The predicted octanol–water partition coefficient (Wildman–Crippen LogP) is 7.88. The zero-order chi connectivity index (χ0) is 36.1. The Bertz CT molecular complexity index is 1600. The van der Waals surface area contributed by atoms with Gasteiger partial charge in [-0.05, 0) is 140 Å². The van der Waals surface area contributed by atoms with Crippen LogP contribution in [0.25, 0.3) is 0 Å². The fraction of sp³-hybridized carbons (Fsp3) is 0.667. The van der Waals surface area contributed by atoms with E-state index in [9.17, 15) is 36.2 Å². The molecule has 0 saturated heterocycles. The highest BCUT2D eigenvalue weighted by Gasteiger charge is 2.46. The van der Waals surface area contributed by atoms with E-state index in [1.54, 1.807) is 6.92 Å². The summed E-state index contributed by atoms with van der Waals surface area (Å²) in [6, 6.07) is 3.63. The Hall–Kier alpha value is -2.22.